The van der Waals surface area contributed by atoms with Gasteiger partial charge >= 0.3 is 5.97 Å². The highest BCUT2D eigenvalue weighted by Gasteiger charge is 2.23. The van der Waals surface area contributed by atoms with Crippen LogP contribution in [0.4, 0.5) is 0 Å². The highest BCUT2D eigenvalue weighted by Crippen LogP contribution is 2.28. The maximum atomic E-state index is 11.8. The molecule has 0 spiro atoms. The zero-order valence-corrected chi connectivity index (χ0v) is 10.2. The van der Waals surface area contributed by atoms with Crippen molar-refractivity contribution in [1.29, 1.82) is 0 Å². The summed E-state index contributed by atoms with van der Waals surface area (Å²) in [5.74, 6) is 0.456. The Morgan fingerprint density at radius 2 is 2.35 bits per heavy atom. The lowest BCUT2D eigenvalue weighted by molar-refractivity contribution is 0.00880. The molecule has 0 fully saturated rings. The van der Waals surface area contributed by atoms with E-state index < -0.39 is 0 Å². The van der Waals surface area contributed by atoms with E-state index in [2.05, 4.69) is 6.58 Å². The van der Waals surface area contributed by atoms with E-state index >= 15 is 0 Å². The minimum atomic E-state index is -0.266. The molecule has 0 radical (unpaired) electrons. The van der Waals surface area contributed by atoms with Gasteiger partial charge in [0.2, 0.25) is 0 Å². The Balaban J connectivity index is 2.02. The summed E-state index contributed by atoms with van der Waals surface area (Å²) < 4.78 is 10.7. The SMILES string of the molecule is C=CCOCC1CSc2ccccc2C(=O)O1. The molecule has 0 N–H and O–H groups in total. The van der Waals surface area contributed by atoms with Gasteiger partial charge in [-0.25, -0.2) is 4.79 Å². The molecule has 1 aliphatic heterocycles. The van der Waals surface area contributed by atoms with Crippen LogP contribution < -0.4 is 0 Å². The fourth-order valence-corrected chi connectivity index (χ4v) is 2.57. The molecule has 0 amide bonds. The van der Waals surface area contributed by atoms with Crippen molar-refractivity contribution in [2.75, 3.05) is 19.0 Å². The van der Waals surface area contributed by atoms with E-state index in [1.807, 2.05) is 18.2 Å². The maximum absolute atomic E-state index is 11.8. The number of fused-ring (bicyclic) bond motifs is 1. The standard InChI is InChI=1S/C13H14O3S/c1-2-7-15-8-10-9-17-12-6-4-3-5-11(12)13(14)16-10/h2-6,10H,1,7-9H2. The van der Waals surface area contributed by atoms with Crippen molar-refractivity contribution < 1.29 is 14.3 Å². The summed E-state index contributed by atoms with van der Waals surface area (Å²) >= 11 is 1.63. The molecule has 1 aliphatic rings. The topological polar surface area (TPSA) is 35.5 Å². The summed E-state index contributed by atoms with van der Waals surface area (Å²) in [6.07, 6.45) is 1.49. The molecule has 0 saturated carbocycles. The van der Waals surface area contributed by atoms with Crippen molar-refractivity contribution >= 4 is 17.7 Å². The van der Waals surface area contributed by atoms with Crippen LogP contribution in [0.1, 0.15) is 10.4 Å². The van der Waals surface area contributed by atoms with Crippen LogP contribution in [0.15, 0.2) is 41.8 Å². The lowest BCUT2D eigenvalue weighted by Crippen LogP contribution is -2.24. The molecule has 17 heavy (non-hydrogen) atoms. The van der Waals surface area contributed by atoms with E-state index in [0.717, 1.165) is 10.6 Å². The Labute approximate surface area is 105 Å². The second kappa shape index (κ2) is 5.89. The molecule has 1 heterocycles. The number of hydrogen-bond donors (Lipinski definition) is 0. The molecule has 0 bridgehead atoms. The summed E-state index contributed by atoms with van der Waals surface area (Å²) in [6.45, 7) is 4.46. The van der Waals surface area contributed by atoms with Gasteiger partial charge in [0.15, 0.2) is 0 Å². The first-order chi connectivity index (χ1) is 8.31. The van der Waals surface area contributed by atoms with Crippen molar-refractivity contribution in [2.24, 2.45) is 0 Å². The van der Waals surface area contributed by atoms with E-state index in [-0.39, 0.29) is 12.1 Å². The summed E-state index contributed by atoms with van der Waals surface area (Å²) in [4.78, 5) is 12.8. The minimum absolute atomic E-state index is 0.195. The number of carbonyl (C=O) groups excluding carboxylic acids is 1. The molecule has 1 aromatic carbocycles. The zero-order chi connectivity index (χ0) is 12.1. The number of esters is 1. The molecule has 1 unspecified atom stereocenters. The fraction of sp³-hybridized carbons (Fsp3) is 0.308. The lowest BCUT2D eigenvalue weighted by Gasteiger charge is -2.13. The van der Waals surface area contributed by atoms with Crippen molar-refractivity contribution in [3.05, 3.63) is 42.5 Å². The van der Waals surface area contributed by atoms with Crippen molar-refractivity contribution in [3.8, 4) is 0 Å². The smallest absolute Gasteiger partial charge is 0.339 e. The van der Waals surface area contributed by atoms with Gasteiger partial charge in [-0.2, -0.15) is 0 Å². The third-order valence-electron chi connectivity index (χ3n) is 2.34. The molecule has 0 aliphatic carbocycles. The normalized spacial score (nSPS) is 19.1. The second-order valence-electron chi connectivity index (χ2n) is 3.66. The number of hydrogen-bond acceptors (Lipinski definition) is 4. The van der Waals surface area contributed by atoms with E-state index in [1.165, 1.54) is 0 Å². The van der Waals surface area contributed by atoms with Crippen LogP contribution in [0.2, 0.25) is 0 Å². The first-order valence-electron chi connectivity index (χ1n) is 5.42. The van der Waals surface area contributed by atoms with E-state index in [0.29, 0.717) is 18.8 Å². The fourth-order valence-electron chi connectivity index (χ4n) is 1.56. The average molecular weight is 250 g/mol. The summed E-state index contributed by atoms with van der Waals surface area (Å²) in [5.41, 5.74) is 0.642. The minimum Gasteiger partial charge on any atom is -0.455 e. The average Bonchev–Trinajstić information content (AvgIpc) is 2.50. The van der Waals surface area contributed by atoms with Crippen LogP contribution in [-0.2, 0) is 9.47 Å². The molecule has 0 saturated heterocycles. The molecule has 0 aromatic heterocycles. The predicted molar refractivity (Wildman–Crippen MR) is 67.4 cm³/mol. The largest absolute Gasteiger partial charge is 0.455 e. The van der Waals surface area contributed by atoms with Crippen LogP contribution in [-0.4, -0.2) is 31.0 Å². The number of ether oxygens (including phenoxy) is 2. The Morgan fingerprint density at radius 1 is 1.53 bits per heavy atom. The van der Waals surface area contributed by atoms with E-state index in [1.54, 1.807) is 23.9 Å². The number of cyclic esters (lactones) is 1. The maximum Gasteiger partial charge on any atom is 0.339 e. The van der Waals surface area contributed by atoms with Crippen molar-refractivity contribution in [3.63, 3.8) is 0 Å². The molecular formula is C13H14O3S. The van der Waals surface area contributed by atoms with Gasteiger partial charge in [-0.05, 0) is 12.1 Å². The quantitative estimate of drug-likeness (QED) is 0.467. The number of carbonyl (C=O) groups is 1. The van der Waals surface area contributed by atoms with Crippen LogP contribution in [0, 0.1) is 0 Å². The van der Waals surface area contributed by atoms with Crippen LogP contribution >= 0.6 is 11.8 Å². The summed E-state index contributed by atoms with van der Waals surface area (Å²) in [6, 6.07) is 7.49. The predicted octanol–water partition coefficient (Wildman–Crippen LogP) is 2.52. The molecule has 1 atom stereocenters. The Morgan fingerprint density at radius 3 is 3.18 bits per heavy atom. The first kappa shape index (κ1) is 12.2. The van der Waals surface area contributed by atoms with Gasteiger partial charge in [0.05, 0.1) is 18.8 Å². The number of thioether (sulfide) groups is 1. The van der Waals surface area contributed by atoms with Gasteiger partial charge in [0, 0.05) is 10.6 Å². The lowest BCUT2D eigenvalue weighted by atomic mass is 10.2. The Hall–Kier alpha value is -1.26. The summed E-state index contributed by atoms with van der Waals surface area (Å²) in [7, 11) is 0. The third-order valence-corrected chi connectivity index (χ3v) is 3.55. The molecule has 90 valence electrons. The molecule has 4 heteroatoms. The first-order valence-corrected chi connectivity index (χ1v) is 6.41. The van der Waals surface area contributed by atoms with Crippen molar-refractivity contribution in [1.82, 2.24) is 0 Å². The molecule has 1 aromatic rings. The molecular weight excluding hydrogens is 236 g/mol. The van der Waals surface area contributed by atoms with Gasteiger partial charge in [-0.15, -0.1) is 18.3 Å². The Bertz CT molecular complexity index is 417. The van der Waals surface area contributed by atoms with Crippen LogP contribution in [0.5, 0.6) is 0 Å². The van der Waals surface area contributed by atoms with E-state index in [4.69, 9.17) is 9.47 Å². The summed E-state index contributed by atoms with van der Waals surface area (Å²) in [5, 5.41) is 0. The second-order valence-corrected chi connectivity index (χ2v) is 4.72. The van der Waals surface area contributed by atoms with Gasteiger partial charge in [0.25, 0.3) is 0 Å². The monoisotopic (exact) mass is 250 g/mol. The van der Waals surface area contributed by atoms with Crippen molar-refractivity contribution in [2.45, 2.75) is 11.0 Å². The van der Waals surface area contributed by atoms with Crippen LogP contribution in [0.25, 0.3) is 0 Å². The third kappa shape index (κ3) is 3.11. The Kier molecular flexibility index (Phi) is 4.23. The molecule has 3 nitrogen and oxygen atoms in total. The number of rotatable bonds is 4. The van der Waals surface area contributed by atoms with E-state index in [9.17, 15) is 4.79 Å². The van der Waals surface area contributed by atoms with Gasteiger partial charge in [0.1, 0.15) is 6.10 Å². The van der Waals surface area contributed by atoms with Gasteiger partial charge in [-0.1, -0.05) is 18.2 Å². The van der Waals surface area contributed by atoms with Crippen LogP contribution in [0.3, 0.4) is 0 Å². The number of benzene rings is 1. The van der Waals surface area contributed by atoms with Gasteiger partial charge in [-0.3, -0.25) is 0 Å². The highest BCUT2D eigenvalue weighted by atomic mass is 32.2. The van der Waals surface area contributed by atoms with Gasteiger partial charge < -0.3 is 9.47 Å². The zero-order valence-electron chi connectivity index (χ0n) is 9.43. The highest BCUT2D eigenvalue weighted by molar-refractivity contribution is 7.99. The molecule has 2 rings (SSSR count).